The number of carbonyl (C=O) groups excluding carboxylic acids is 2. The molecule has 0 saturated heterocycles. The number of aromatic nitrogens is 1. The van der Waals surface area contributed by atoms with Crippen LogP contribution in [0.25, 0.3) is 10.9 Å². The van der Waals surface area contributed by atoms with Crippen molar-refractivity contribution in [2.75, 3.05) is 18.1 Å². The highest BCUT2D eigenvalue weighted by atomic mass is 32.2. The third kappa shape index (κ3) is 2.41. The summed E-state index contributed by atoms with van der Waals surface area (Å²) in [5, 5.41) is 4.55. The van der Waals surface area contributed by atoms with Crippen LogP contribution in [0.3, 0.4) is 0 Å². The molecule has 0 spiro atoms. The van der Waals surface area contributed by atoms with Crippen molar-refractivity contribution >= 4 is 40.2 Å². The Labute approximate surface area is 166 Å². The summed E-state index contributed by atoms with van der Waals surface area (Å²) in [7, 11) is 0. The molecule has 2 N–H and O–H groups in total. The standard InChI is InChI=1S/C22H19N3O2S/c1-12(26)25-11-18-21(22(25)27)19(13-6-8-14(28-2)9-7-13)15-10-23-16-4-3-5-17(24-18)20(15)16/h3-10,19,23-24H,11H2,1-2H3. The molecule has 0 aliphatic carbocycles. The molecule has 0 radical (unpaired) electrons. The number of carbonyl (C=O) groups is 2. The molecule has 1 atom stereocenters. The van der Waals surface area contributed by atoms with Gasteiger partial charge < -0.3 is 10.3 Å². The molecule has 2 amide bonds. The number of hydrogen-bond acceptors (Lipinski definition) is 4. The molecule has 5 nitrogen and oxygen atoms in total. The third-order valence-corrected chi connectivity index (χ3v) is 6.31. The van der Waals surface area contributed by atoms with Gasteiger partial charge in [0, 0.05) is 46.2 Å². The largest absolute Gasteiger partial charge is 0.361 e. The zero-order chi connectivity index (χ0) is 19.4. The van der Waals surface area contributed by atoms with E-state index in [1.165, 1.54) is 16.7 Å². The van der Waals surface area contributed by atoms with Gasteiger partial charge in [-0.2, -0.15) is 0 Å². The Hall–Kier alpha value is -2.99. The summed E-state index contributed by atoms with van der Waals surface area (Å²) in [6.45, 7) is 1.72. The number of hydrogen-bond donors (Lipinski definition) is 2. The van der Waals surface area contributed by atoms with Gasteiger partial charge in [0.2, 0.25) is 5.91 Å². The molecule has 140 valence electrons. The molecule has 2 aliphatic rings. The van der Waals surface area contributed by atoms with Crippen LogP contribution in [0.1, 0.15) is 24.0 Å². The monoisotopic (exact) mass is 389 g/mol. The van der Waals surface area contributed by atoms with Gasteiger partial charge in [-0.15, -0.1) is 11.8 Å². The number of H-pyrrole nitrogens is 1. The van der Waals surface area contributed by atoms with E-state index in [9.17, 15) is 9.59 Å². The lowest BCUT2D eigenvalue weighted by atomic mass is 9.84. The van der Waals surface area contributed by atoms with Gasteiger partial charge in [0.1, 0.15) is 0 Å². The summed E-state index contributed by atoms with van der Waals surface area (Å²) in [4.78, 5) is 31.1. The zero-order valence-corrected chi connectivity index (χ0v) is 16.4. The van der Waals surface area contributed by atoms with Crippen molar-refractivity contribution in [3.8, 4) is 0 Å². The average molecular weight is 389 g/mol. The van der Waals surface area contributed by atoms with Crippen molar-refractivity contribution in [3.63, 3.8) is 0 Å². The van der Waals surface area contributed by atoms with Crippen LogP contribution in [-0.4, -0.2) is 34.5 Å². The maximum atomic E-state index is 13.2. The lowest BCUT2D eigenvalue weighted by Gasteiger charge is -2.19. The molecule has 1 aromatic heterocycles. The molecule has 0 bridgehead atoms. The van der Waals surface area contributed by atoms with E-state index in [4.69, 9.17) is 0 Å². The predicted molar refractivity (Wildman–Crippen MR) is 111 cm³/mol. The van der Waals surface area contributed by atoms with Gasteiger partial charge in [0.25, 0.3) is 5.91 Å². The van der Waals surface area contributed by atoms with E-state index in [-0.39, 0.29) is 24.3 Å². The summed E-state index contributed by atoms with van der Waals surface area (Å²) in [5.74, 6) is -0.674. The molecule has 5 rings (SSSR count). The van der Waals surface area contributed by atoms with Gasteiger partial charge in [-0.1, -0.05) is 18.2 Å². The van der Waals surface area contributed by atoms with Gasteiger partial charge in [-0.25, -0.2) is 0 Å². The van der Waals surface area contributed by atoms with E-state index in [1.54, 1.807) is 11.8 Å². The molecular weight excluding hydrogens is 370 g/mol. The van der Waals surface area contributed by atoms with Crippen LogP contribution in [0.15, 0.2) is 64.8 Å². The molecule has 28 heavy (non-hydrogen) atoms. The Bertz CT molecular complexity index is 1160. The molecule has 0 saturated carbocycles. The fourth-order valence-electron chi connectivity index (χ4n) is 4.25. The highest BCUT2D eigenvalue weighted by Crippen LogP contribution is 2.45. The summed E-state index contributed by atoms with van der Waals surface area (Å²) in [6.07, 6.45) is 4.03. The van der Waals surface area contributed by atoms with Crippen LogP contribution in [0, 0.1) is 0 Å². The summed E-state index contributed by atoms with van der Waals surface area (Å²) in [6, 6.07) is 14.4. The lowest BCUT2D eigenvalue weighted by molar-refractivity contribution is -0.139. The van der Waals surface area contributed by atoms with Crippen molar-refractivity contribution in [1.29, 1.82) is 0 Å². The number of nitrogens with one attached hydrogen (secondary N) is 2. The first-order valence-electron chi connectivity index (χ1n) is 9.15. The summed E-state index contributed by atoms with van der Waals surface area (Å²) < 4.78 is 0. The lowest BCUT2D eigenvalue weighted by Crippen LogP contribution is -2.33. The maximum absolute atomic E-state index is 13.2. The number of nitrogens with zero attached hydrogens (tertiary/aromatic N) is 1. The van der Waals surface area contributed by atoms with E-state index >= 15 is 0 Å². The van der Waals surface area contributed by atoms with Crippen LogP contribution in [0.5, 0.6) is 0 Å². The van der Waals surface area contributed by atoms with Crippen LogP contribution in [-0.2, 0) is 9.59 Å². The summed E-state index contributed by atoms with van der Waals surface area (Å²) in [5.41, 5.74) is 5.56. The van der Waals surface area contributed by atoms with E-state index in [1.807, 2.05) is 30.7 Å². The minimum Gasteiger partial charge on any atom is -0.361 e. The van der Waals surface area contributed by atoms with Gasteiger partial charge in [0.05, 0.1) is 12.1 Å². The van der Waals surface area contributed by atoms with Crippen molar-refractivity contribution in [3.05, 3.63) is 71.1 Å². The Morgan fingerprint density at radius 1 is 1.18 bits per heavy atom. The highest BCUT2D eigenvalue weighted by Gasteiger charge is 2.41. The molecule has 1 unspecified atom stereocenters. The van der Waals surface area contributed by atoms with Crippen LogP contribution >= 0.6 is 11.8 Å². The predicted octanol–water partition coefficient (Wildman–Crippen LogP) is 4.09. The number of anilines is 1. The molecule has 0 fully saturated rings. The van der Waals surface area contributed by atoms with Crippen molar-refractivity contribution in [2.45, 2.75) is 17.7 Å². The number of amides is 2. The quantitative estimate of drug-likeness (QED) is 0.648. The van der Waals surface area contributed by atoms with Crippen molar-refractivity contribution in [2.24, 2.45) is 0 Å². The van der Waals surface area contributed by atoms with Gasteiger partial charge >= 0.3 is 0 Å². The maximum Gasteiger partial charge on any atom is 0.259 e. The number of rotatable bonds is 2. The third-order valence-electron chi connectivity index (χ3n) is 5.57. The number of thioether (sulfide) groups is 1. The molecule has 6 heteroatoms. The van der Waals surface area contributed by atoms with Crippen molar-refractivity contribution in [1.82, 2.24) is 9.88 Å². The molecule has 2 aliphatic heterocycles. The Balaban J connectivity index is 1.76. The summed E-state index contributed by atoms with van der Waals surface area (Å²) >= 11 is 1.69. The fourth-order valence-corrected chi connectivity index (χ4v) is 4.66. The normalized spacial score (nSPS) is 18.3. The first-order chi connectivity index (χ1) is 13.6. The van der Waals surface area contributed by atoms with Crippen LogP contribution < -0.4 is 5.32 Å². The first kappa shape index (κ1) is 17.1. The van der Waals surface area contributed by atoms with Crippen LogP contribution in [0.2, 0.25) is 0 Å². The number of aromatic amines is 1. The first-order valence-corrected chi connectivity index (χ1v) is 10.4. The average Bonchev–Trinajstić information content (AvgIpc) is 3.22. The second-order valence-electron chi connectivity index (χ2n) is 7.11. The Kier molecular flexibility index (Phi) is 3.84. The zero-order valence-electron chi connectivity index (χ0n) is 15.6. The molecular formula is C22H19N3O2S. The van der Waals surface area contributed by atoms with Crippen molar-refractivity contribution < 1.29 is 9.59 Å². The molecule has 3 aromatic rings. The number of benzene rings is 2. The Morgan fingerprint density at radius 3 is 2.68 bits per heavy atom. The van der Waals surface area contributed by atoms with E-state index < -0.39 is 0 Å². The second-order valence-corrected chi connectivity index (χ2v) is 7.99. The van der Waals surface area contributed by atoms with Gasteiger partial charge in [-0.3, -0.25) is 14.5 Å². The van der Waals surface area contributed by atoms with E-state index in [0.29, 0.717) is 5.57 Å². The van der Waals surface area contributed by atoms with Crippen LogP contribution in [0.4, 0.5) is 5.69 Å². The molecule has 2 aromatic carbocycles. The van der Waals surface area contributed by atoms with Gasteiger partial charge in [-0.05, 0) is 41.6 Å². The fraction of sp³-hybridized carbons (Fsp3) is 0.182. The van der Waals surface area contributed by atoms with E-state index in [2.05, 4.69) is 34.6 Å². The smallest absolute Gasteiger partial charge is 0.259 e. The number of imide groups is 1. The molecule has 3 heterocycles. The van der Waals surface area contributed by atoms with Gasteiger partial charge in [0.15, 0.2) is 0 Å². The second kappa shape index (κ2) is 6.27. The minimum absolute atomic E-state index is 0.212. The SMILES string of the molecule is CSc1ccc(C2C3=C(CN(C(C)=O)C3=O)Nc3cccc4[nH]cc2c34)cc1. The Morgan fingerprint density at radius 2 is 1.96 bits per heavy atom. The highest BCUT2D eigenvalue weighted by molar-refractivity contribution is 7.98. The van der Waals surface area contributed by atoms with E-state index in [0.717, 1.165) is 33.4 Å². The topological polar surface area (TPSA) is 65.2 Å². The minimum atomic E-state index is -0.233.